The highest BCUT2D eigenvalue weighted by atomic mass is 16.6. The lowest BCUT2D eigenvalue weighted by molar-refractivity contribution is -0.384. The molecular weight excluding hydrogens is 368 g/mol. The molecule has 1 atom stereocenters. The molecule has 146 valence electrons. The number of nitrogens with zero attached hydrogens (tertiary/aromatic N) is 4. The van der Waals surface area contributed by atoms with Gasteiger partial charge in [-0.1, -0.05) is 19.0 Å². The predicted octanol–water partition coefficient (Wildman–Crippen LogP) is 3.98. The first kappa shape index (κ1) is 19.2. The fourth-order valence-electron chi connectivity index (χ4n) is 2.54. The maximum absolute atomic E-state index is 12.5. The number of ether oxygens (including phenoxy) is 1. The van der Waals surface area contributed by atoms with E-state index in [0.717, 1.165) is 0 Å². The quantitative estimate of drug-likeness (QED) is 0.350. The lowest BCUT2D eigenvalue weighted by Gasteiger charge is -2.10. The van der Waals surface area contributed by atoms with Crippen molar-refractivity contribution in [2.24, 2.45) is 0 Å². The highest BCUT2D eigenvalue weighted by molar-refractivity contribution is 5.91. The lowest BCUT2D eigenvalue weighted by Crippen LogP contribution is -2.12. The molecule has 0 N–H and O–H groups in total. The van der Waals surface area contributed by atoms with E-state index in [-0.39, 0.29) is 29.0 Å². The molecule has 10 nitrogen and oxygen atoms in total. The van der Waals surface area contributed by atoms with Crippen LogP contribution in [-0.2, 0) is 4.74 Å². The highest BCUT2D eigenvalue weighted by Gasteiger charge is 2.27. The predicted molar refractivity (Wildman–Crippen MR) is 95.5 cm³/mol. The Hall–Kier alpha value is -3.56. The fourth-order valence-corrected chi connectivity index (χ4v) is 2.54. The maximum atomic E-state index is 12.5. The fraction of sp³-hybridized carbons (Fsp3) is 0.333. The number of esters is 1. The second kappa shape index (κ2) is 7.59. The Kier molecular flexibility index (Phi) is 5.21. The van der Waals surface area contributed by atoms with Crippen molar-refractivity contribution in [1.82, 2.24) is 15.4 Å². The molecular formula is C18H18N4O6. The summed E-state index contributed by atoms with van der Waals surface area (Å²) in [6.45, 7) is 7.03. The van der Waals surface area contributed by atoms with Gasteiger partial charge in [0.05, 0.1) is 10.6 Å². The van der Waals surface area contributed by atoms with Crippen molar-refractivity contribution in [2.45, 2.75) is 39.7 Å². The summed E-state index contributed by atoms with van der Waals surface area (Å²) < 4.78 is 16.2. The van der Waals surface area contributed by atoms with E-state index in [4.69, 9.17) is 13.7 Å². The summed E-state index contributed by atoms with van der Waals surface area (Å²) in [6, 6.07) is 5.68. The minimum absolute atomic E-state index is 0.0313. The molecule has 0 aliphatic heterocycles. The smallest absolute Gasteiger partial charge is 0.344 e. The summed E-state index contributed by atoms with van der Waals surface area (Å²) in [5, 5.41) is 22.4. The molecule has 0 saturated carbocycles. The Morgan fingerprint density at radius 3 is 2.46 bits per heavy atom. The third kappa shape index (κ3) is 3.75. The molecule has 10 heteroatoms. The molecule has 0 fully saturated rings. The van der Waals surface area contributed by atoms with Crippen molar-refractivity contribution < 1.29 is 23.4 Å². The molecule has 2 aromatic heterocycles. The zero-order valence-corrected chi connectivity index (χ0v) is 15.7. The van der Waals surface area contributed by atoms with Gasteiger partial charge in [-0.05, 0) is 26.0 Å². The van der Waals surface area contributed by atoms with Crippen LogP contribution in [0.1, 0.15) is 60.5 Å². The number of aryl methyl sites for hydroxylation is 1. The molecule has 0 aliphatic rings. The Balaban J connectivity index is 1.76. The number of non-ortho nitro benzene ring substituents is 1. The van der Waals surface area contributed by atoms with Crippen LogP contribution in [0.5, 0.6) is 0 Å². The third-order valence-corrected chi connectivity index (χ3v) is 4.01. The topological polar surface area (TPSA) is 134 Å². The SMILES string of the molecule is Cc1noc(C(C)C)c1C(=O)O[C@@H](C)c1nnc(-c2ccc([N+](=O)[O-])cc2)o1. The van der Waals surface area contributed by atoms with Crippen molar-refractivity contribution >= 4 is 11.7 Å². The van der Waals surface area contributed by atoms with Crippen molar-refractivity contribution in [2.75, 3.05) is 0 Å². The molecule has 0 bridgehead atoms. The van der Waals surface area contributed by atoms with Gasteiger partial charge in [-0.2, -0.15) is 0 Å². The zero-order chi connectivity index (χ0) is 20.4. The molecule has 28 heavy (non-hydrogen) atoms. The van der Waals surface area contributed by atoms with Gasteiger partial charge in [0.2, 0.25) is 5.89 Å². The van der Waals surface area contributed by atoms with Gasteiger partial charge in [-0.15, -0.1) is 10.2 Å². The van der Waals surface area contributed by atoms with Crippen LogP contribution in [0.2, 0.25) is 0 Å². The van der Waals surface area contributed by atoms with Gasteiger partial charge in [0.25, 0.3) is 11.6 Å². The summed E-state index contributed by atoms with van der Waals surface area (Å²) in [5.74, 6) is 0.0896. The normalized spacial score (nSPS) is 12.2. The van der Waals surface area contributed by atoms with E-state index in [1.54, 1.807) is 13.8 Å². The zero-order valence-electron chi connectivity index (χ0n) is 15.7. The summed E-state index contributed by atoms with van der Waals surface area (Å²) in [6.07, 6.45) is -0.805. The third-order valence-electron chi connectivity index (χ3n) is 4.01. The molecule has 3 aromatic rings. The van der Waals surface area contributed by atoms with Crippen molar-refractivity contribution in [1.29, 1.82) is 0 Å². The monoisotopic (exact) mass is 386 g/mol. The van der Waals surface area contributed by atoms with Gasteiger partial charge in [0.15, 0.2) is 11.9 Å². The number of carbonyl (C=O) groups excluding carboxylic acids is 1. The molecule has 0 spiro atoms. The Morgan fingerprint density at radius 2 is 1.86 bits per heavy atom. The van der Waals surface area contributed by atoms with E-state index in [2.05, 4.69) is 15.4 Å². The summed E-state index contributed by atoms with van der Waals surface area (Å²) >= 11 is 0. The maximum Gasteiger partial charge on any atom is 0.344 e. The van der Waals surface area contributed by atoms with Crippen LogP contribution in [0.15, 0.2) is 33.2 Å². The van der Waals surface area contributed by atoms with E-state index >= 15 is 0 Å². The number of hydrogen-bond acceptors (Lipinski definition) is 9. The van der Waals surface area contributed by atoms with Crippen LogP contribution in [-0.4, -0.2) is 26.2 Å². The van der Waals surface area contributed by atoms with Crippen LogP contribution in [0.25, 0.3) is 11.5 Å². The van der Waals surface area contributed by atoms with Gasteiger partial charge in [-0.3, -0.25) is 10.1 Å². The van der Waals surface area contributed by atoms with E-state index in [1.165, 1.54) is 24.3 Å². The molecule has 0 unspecified atom stereocenters. The van der Waals surface area contributed by atoms with Crippen molar-refractivity contribution in [3.05, 3.63) is 57.3 Å². The van der Waals surface area contributed by atoms with Crippen molar-refractivity contribution in [3.8, 4) is 11.5 Å². The second-order valence-corrected chi connectivity index (χ2v) is 6.46. The molecule has 0 radical (unpaired) electrons. The summed E-state index contributed by atoms with van der Waals surface area (Å²) in [7, 11) is 0. The van der Waals surface area contributed by atoms with Crippen LogP contribution in [0.3, 0.4) is 0 Å². The van der Waals surface area contributed by atoms with E-state index in [0.29, 0.717) is 17.0 Å². The van der Waals surface area contributed by atoms with Gasteiger partial charge in [0, 0.05) is 23.6 Å². The number of rotatable bonds is 6. The van der Waals surface area contributed by atoms with Crippen LogP contribution >= 0.6 is 0 Å². The number of carbonyl (C=O) groups is 1. The van der Waals surface area contributed by atoms with Crippen LogP contribution < -0.4 is 0 Å². The average molecular weight is 386 g/mol. The Morgan fingerprint density at radius 1 is 1.18 bits per heavy atom. The summed E-state index contributed by atoms with van der Waals surface area (Å²) in [5.41, 5.74) is 1.20. The molecule has 1 aromatic carbocycles. The number of hydrogen-bond donors (Lipinski definition) is 0. The number of nitro benzene ring substituents is 1. The molecule has 3 rings (SSSR count). The minimum atomic E-state index is -0.805. The first-order valence-electron chi connectivity index (χ1n) is 8.53. The number of aromatic nitrogens is 3. The lowest BCUT2D eigenvalue weighted by atomic mass is 10.1. The van der Waals surface area contributed by atoms with Gasteiger partial charge >= 0.3 is 5.97 Å². The first-order valence-corrected chi connectivity index (χ1v) is 8.53. The molecule has 0 aliphatic carbocycles. The molecule has 0 saturated heterocycles. The standard InChI is InChI=1S/C18H18N4O6/c1-9(2)15-14(10(3)21-28-15)18(23)26-11(4)16-19-20-17(27-16)12-5-7-13(8-6-12)22(24)25/h5-9,11H,1-4H3/t11-/m0/s1. The van der Waals surface area contributed by atoms with Crippen molar-refractivity contribution in [3.63, 3.8) is 0 Å². The van der Waals surface area contributed by atoms with Crippen LogP contribution in [0.4, 0.5) is 5.69 Å². The summed E-state index contributed by atoms with van der Waals surface area (Å²) in [4.78, 5) is 22.8. The number of benzene rings is 1. The first-order chi connectivity index (χ1) is 13.3. The van der Waals surface area contributed by atoms with E-state index < -0.39 is 17.0 Å². The highest BCUT2D eigenvalue weighted by Crippen LogP contribution is 2.27. The molecule has 0 amide bonds. The average Bonchev–Trinajstić information content (AvgIpc) is 3.28. The van der Waals surface area contributed by atoms with Gasteiger partial charge in [-0.25, -0.2) is 4.79 Å². The Labute approximate surface area is 159 Å². The minimum Gasteiger partial charge on any atom is -0.449 e. The van der Waals surface area contributed by atoms with E-state index in [1.807, 2.05) is 13.8 Å². The van der Waals surface area contributed by atoms with Gasteiger partial charge in [0.1, 0.15) is 5.56 Å². The second-order valence-electron chi connectivity index (χ2n) is 6.46. The van der Waals surface area contributed by atoms with Gasteiger partial charge < -0.3 is 13.7 Å². The Bertz CT molecular complexity index is 1010. The van der Waals surface area contributed by atoms with Crippen LogP contribution in [0, 0.1) is 17.0 Å². The number of nitro groups is 1. The van der Waals surface area contributed by atoms with E-state index in [9.17, 15) is 14.9 Å². The largest absolute Gasteiger partial charge is 0.449 e. The molecule has 2 heterocycles.